The Labute approximate surface area is 196 Å². The molecule has 0 fully saturated rings. The number of halogens is 1. The van der Waals surface area contributed by atoms with E-state index < -0.39 is 16.9 Å². The molecule has 1 N–H and O–H groups in total. The van der Waals surface area contributed by atoms with Crippen molar-refractivity contribution >= 4 is 33.6 Å². The second-order valence-electron chi connectivity index (χ2n) is 7.59. The zero-order chi connectivity index (χ0) is 23.8. The molecule has 8 heteroatoms. The second-order valence-corrected chi connectivity index (χ2v) is 8.67. The van der Waals surface area contributed by atoms with Gasteiger partial charge in [-0.25, -0.2) is 9.18 Å². The first-order valence-corrected chi connectivity index (χ1v) is 11.2. The lowest BCUT2D eigenvalue weighted by Crippen LogP contribution is -2.23. The van der Waals surface area contributed by atoms with Crippen molar-refractivity contribution in [1.29, 1.82) is 0 Å². The fourth-order valence-electron chi connectivity index (χ4n) is 3.83. The molecule has 0 radical (unpaired) electrons. The first-order chi connectivity index (χ1) is 16.5. The average molecular weight is 475 g/mol. The van der Waals surface area contributed by atoms with Crippen LogP contribution in [0.4, 0.5) is 4.39 Å². The number of rotatable bonds is 5. The Morgan fingerprint density at radius 2 is 1.76 bits per heavy atom. The molecule has 0 bridgehead atoms. The van der Waals surface area contributed by atoms with Gasteiger partial charge in [-0.1, -0.05) is 42.1 Å². The molecule has 0 unspecified atom stereocenters. The molecule has 0 atom stereocenters. The maximum absolute atomic E-state index is 13.6. The van der Waals surface area contributed by atoms with Gasteiger partial charge in [-0.15, -0.1) is 0 Å². The fraction of sp³-hybridized carbons (Fsp3) is 0.0769. The predicted octanol–water partition coefficient (Wildman–Crippen LogP) is 5.16. The summed E-state index contributed by atoms with van der Waals surface area (Å²) in [5.74, 6) is -0.334. The van der Waals surface area contributed by atoms with E-state index in [1.807, 2.05) is 6.07 Å². The Bertz CT molecular complexity index is 1640. The summed E-state index contributed by atoms with van der Waals surface area (Å²) in [7, 11) is 1.50. The van der Waals surface area contributed by atoms with Crippen LogP contribution in [-0.4, -0.2) is 16.8 Å². The summed E-state index contributed by atoms with van der Waals surface area (Å²) in [6.45, 7) is 0.123. The van der Waals surface area contributed by atoms with E-state index in [4.69, 9.17) is 9.15 Å². The summed E-state index contributed by atoms with van der Waals surface area (Å²) in [6.07, 6.45) is 0. The van der Waals surface area contributed by atoms with E-state index in [1.54, 1.807) is 54.6 Å². The van der Waals surface area contributed by atoms with Gasteiger partial charge in [-0.3, -0.25) is 4.79 Å². The lowest BCUT2D eigenvalue weighted by atomic mass is 10.1. The Hall–Kier alpha value is -4.04. The molecule has 0 saturated carbocycles. The quantitative estimate of drug-likeness (QED) is 0.354. The van der Waals surface area contributed by atoms with Crippen molar-refractivity contribution in [2.24, 2.45) is 0 Å². The zero-order valence-corrected chi connectivity index (χ0v) is 18.8. The zero-order valence-electron chi connectivity index (χ0n) is 17.9. The average Bonchev–Trinajstić information content (AvgIpc) is 2.85. The van der Waals surface area contributed by atoms with Gasteiger partial charge in [-0.2, -0.15) is 0 Å². The number of aromatic hydroxyl groups is 1. The van der Waals surface area contributed by atoms with Crippen LogP contribution >= 0.6 is 11.8 Å². The summed E-state index contributed by atoms with van der Waals surface area (Å²) < 4.78 is 25.8. The van der Waals surface area contributed by atoms with Crippen LogP contribution in [-0.2, 0) is 6.54 Å². The molecule has 0 amide bonds. The third-order valence-corrected chi connectivity index (χ3v) is 6.55. The fourth-order valence-corrected chi connectivity index (χ4v) is 4.68. The van der Waals surface area contributed by atoms with Crippen LogP contribution in [0.2, 0.25) is 0 Å². The normalized spacial score (nSPS) is 11.2. The summed E-state index contributed by atoms with van der Waals surface area (Å²) >= 11 is 1.02. The Morgan fingerprint density at radius 1 is 1.03 bits per heavy atom. The number of hydrogen-bond donors (Lipinski definition) is 1. The van der Waals surface area contributed by atoms with Crippen molar-refractivity contribution < 1.29 is 18.7 Å². The van der Waals surface area contributed by atoms with E-state index in [0.717, 1.165) is 11.8 Å². The molecule has 2 aromatic heterocycles. The molecule has 3 aromatic carbocycles. The molecular formula is C26H18FNO5S. The molecule has 2 heterocycles. The van der Waals surface area contributed by atoms with Crippen molar-refractivity contribution in [2.45, 2.75) is 16.3 Å². The standard InChI is InChI=1S/C26H18FNO5S/c1-32-17-11-12-20-19(13-17)23-21(25(30)28(20)14-15-7-9-16(27)10-8-15)22(29)24(26(31)33-23)34-18-5-3-2-4-6-18/h2-13,29H,14H2,1H3. The summed E-state index contributed by atoms with van der Waals surface area (Å²) in [5, 5.41) is 11.4. The number of methoxy groups -OCH3 is 1. The molecular weight excluding hydrogens is 457 g/mol. The maximum atomic E-state index is 13.6. The van der Waals surface area contributed by atoms with E-state index >= 15 is 0 Å². The maximum Gasteiger partial charge on any atom is 0.354 e. The SMILES string of the molecule is COc1ccc2c(c1)c1oc(=O)c(Sc3ccccc3)c(O)c1c(=O)n2Cc1ccc(F)cc1. The second kappa shape index (κ2) is 8.72. The van der Waals surface area contributed by atoms with Gasteiger partial charge in [0.25, 0.3) is 5.56 Å². The van der Waals surface area contributed by atoms with Crippen LogP contribution < -0.4 is 15.9 Å². The van der Waals surface area contributed by atoms with Gasteiger partial charge in [0.1, 0.15) is 21.8 Å². The van der Waals surface area contributed by atoms with Crippen LogP contribution in [0.25, 0.3) is 21.9 Å². The summed E-state index contributed by atoms with van der Waals surface area (Å²) in [6, 6.07) is 19.8. The van der Waals surface area contributed by atoms with Gasteiger partial charge in [0, 0.05) is 10.3 Å². The molecule has 0 saturated heterocycles. The number of ether oxygens (including phenoxy) is 1. The molecule has 0 aliphatic carbocycles. The first kappa shape index (κ1) is 21.8. The molecule has 0 aliphatic heterocycles. The molecule has 34 heavy (non-hydrogen) atoms. The summed E-state index contributed by atoms with van der Waals surface area (Å²) in [5.41, 5.74) is -0.134. The minimum absolute atomic E-state index is 0.0193. The Balaban J connectivity index is 1.81. The number of nitrogens with zero attached hydrogens (tertiary/aromatic N) is 1. The predicted molar refractivity (Wildman–Crippen MR) is 129 cm³/mol. The van der Waals surface area contributed by atoms with Crippen LogP contribution in [0.15, 0.2) is 96.6 Å². The van der Waals surface area contributed by atoms with E-state index in [2.05, 4.69) is 0 Å². The highest BCUT2D eigenvalue weighted by Crippen LogP contribution is 2.37. The lowest BCUT2D eigenvalue weighted by molar-refractivity contribution is 0.415. The molecule has 0 spiro atoms. The minimum atomic E-state index is -0.751. The molecule has 170 valence electrons. The van der Waals surface area contributed by atoms with Gasteiger partial charge in [-0.05, 0) is 48.0 Å². The van der Waals surface area contributed by atoms with Crippen molar-refractivity contribution in [3.63, 3.8) is 0 Å². The largest absolute Gasteiger partial charge is 0.505 e. The van der Waals surface area contributed by atoms with E-state index in [9.17, 15) is 19.1 Å². The van der Waals surface area contributed by atoms with Crippen LogP contribution in [0, 0.1) is 5.82 Å². The highest BCUT2D eigenvalue weighted by molar-refractivity contribution is 7.99. The Kier molecular flexibility index (Phi) is 5.59. The van der Waals surface area contributed by atoms with E-state index in [0.29, 0.717) is 27.1 Å². The van der Waals surface area contributed by atoms with Gasteiger partial charge < -0.3 is 18.8 Å². The molecule has 6 nitrogen and oxygen atoms in total. The van der Waals surface area contributed by atoms with Crippen LogP contribution in [0.5, 0.6) is 11.5 Å². The van der Waals surface area contributed by atoms with Gasteiger partial charge in [0.05, 0.1) is 19.2 Å². The Morgan fingerprint density at radius 3 is 2.47 bits per heavy atom. The van der Waals surface area contributed by atoms with Crippen molar-refractivity contribution in [1.82, 2.24) is 4.57 Å². The number of fused-ring (bicyclic) bond motifs is 3. The lowest BCUT2D eigenvalue weighted by Gasteiger charge is -2.15. The van der Waals surface area contributed by atoms with Crippen LogP contribution in [0.3, 0.4) is 0 Å². The third kappa shape index (κ3) is 3.82. The number of aromatic nitrogens is 1. The monoisotopic (exact) mass is 475 g/mol. The molecule has 0 aliphatic rings. The van der Waals surface area contributed by atoms with E-state index in [-0.39, 0.29) is 28.2 Å². The first-order valence-electron chi connectivity index (χ1n) is 10.3. The third-order valence-electron chi connectivity index (χ3n) is 5.47. The van der Waals surface area contributed by atoms with E-state index in [1.165, 1.54) is 23.8 Å². The van der Waals surface area contributed by atoms with Gasteiger partial charge in [0.2, 0.25) is 0 Å². The van der Waals surface area contributed by atoms with Crippen LogP contribution in [0.1, 0.15) is 5.56 Å². The van der Waals surface area contributed by atoms with Crippen molar-refractivity contribution in [2.75, 3.05) is 7.11 Å². The van der Waals surface area contributed by atoms with Gasteiger partial charge in [0.15, 0.2) is 11.3 Å². The highest BCUT2D eigenvalue weighted by Gasteiger charge is 2.22. The minimum Gasteiger partial charge on any atom is -0.505 e. The highest BCUT2D eigenvalue weighted by atomic mass is 32.2. The van der Waals surface area contributed by atoms with Gasteiger partial charge >= 0.3 is 5.63 Å². The summed E-state index contributed by atoms with van der Waals surface area (Å²) in [4.78, 5) is 27.1. The van der Waals surface area contributed by atoms with Crippen molar-refractivity contribution in [3.05, 3.63) is 105 Å². The molecule has 5 aromatic rings. The number of pyridine rings is 1. The van der Waals surface area contributed by atoms with Crippen molar-refractivity contribution in [3.8, 4) is 11.5 Å². The molecule has 5 rings (SSSR count). The smallest absolute Gasteiger partial charge is 0.354 e. The number of hydrogen-bond acceptors (Lipinski definition) is 6. The topological polar surface area (TPSA) is 81.7 Å². The number of benzene rings is 3.